The van der Waals surface area contributed by atoms with E-state index in [-0.39, 0.29) is 213 Å². The number of Topliss-reactive ketones (excluding diaryl/α,β-unsaturated/α-hetero) is 4. The van der Waals surface area contributed by atoms with Gasteiger partial charge in [-0.25, -0.2) is 19.7 Å². The number of ketones is 4. The Labute approximate surface area is 751 Å². The van der Waals surface area contributed by atoms with Crippen LogP contribution in [0.3, 0.4) is 0 Å². The van der Waals surface area contributed by atoms with Crippen LogP contribution in [0.1, 0.15) is 122 Å². The number of benzene rings is 2. The van der Waals surface area contributed by atoms with Crippen molar-refractivity contribution in [2.45, 2.75) is 124 Å². The molecule has 0 aliphatic carbocycles. The first-order chi connectivity index (χ1) is 53.3. The Bertz CT molecular complexity index is 4310. The van der Waals surface area contributed by atoms with Crippen molar-refractivity contribution in [2.75, 3.05) is 44.2 Å². The fraction of sp³-hybridized carbons (Fsp3) is 0.364. The number of carbonyl (C=O) groups is 7. The van der Waals surface area contributed by atoms with Gasteiger partial charge in [-0.2, -0.15) is 67.9 Å². The number of nitrogens with zero attached hydrogens (tertiary/aromatic N) is 7. The summed E-state index contributed by atoms with van der Waals surface area (Å²) in [7, 11) is -2.87. The summed E-state index contributed by atoms with van der Waals surface area (Å²) in [6, 6.07) is 13.5. The molecule has 0 atom stereocenters. The number of aliphatic hydroxyl groups is 1. The second-order valence-electron chi connectivity index (χ2n) is 21.5. The third-order valence-corrected chi connectivity index (χ3v) is 13.7. The normalized spacial score (nSPS) is 11.2. The summed E-state index contributed by atoms with van der Waals surface area (Å²) < 4.78 is 201. The van der Waals surface area contributed by atoms with Crippen molar-refractivity contribution >= 4 is 137 Å². The summed E-state index contributed by atoms with van der Waals surface area (Å²) in [6.07, 6.45) is -16.1. The molecule has 2 aliphatic rings. The number of ether oxygens (including phenoxy) is 4. The maximum absolute atomic E-state index is 13.5. The van der Waals surface area contributed by atoms with Crippen LogP contribution in [0.15, 0.2) is 60.7 Å². The predicted molar refractivity (Wildman–Crippen MR) is 378 cm³/mol. The van der Waals surface area contributed by atoms with Crippen LogP contribution in [-0.4, -0.2) is 130 Å². The van der Waals surface area contributed by atoms with Crippen LogP contribution in [0.5, 0.6) is 35.0 Å². The van der Waals surface area contributed by atoms with Gasteiger partial charge >= 0.3 is 137 Å². The molecule has 0 fully saturated rings. The molecular weight excluding hydrogens is 1790 g/mol. The van der Waals surface area contributed by atoms with Gasteiger partial charge in [-0.1, -0.05) is 58.5 Å². The number of phenolic OH excluding ortho intramolecular Hbond substituents is 1. The van der Waals surface area contributed by atoms with Crippen LogP contribution in [0.4, 0.5) is 79.8 Å². The third-order valence-electron chi connectivity index (χ3n) is 12.9. The summed E-state index contributed by atoms with van der Waals surface area (Å²) in [5, 5.41) is 53.8. The minimum absolute atomic E-state index is 0. The van der Waals surface area contributed by atoms with Crippen molar-refractivity contribution in [3.63, 3.8) is 0 Å². The molecule has 8 rings (SSSR count). The van der Waals surface area contributed by atoms with E-state index in [2.05, 4.69) is 34.5 Å². The summed E-state index contributed by atoms with van der Waals surface area (Å²) in [6.45, 7) is 21.4. The smallest absolute Gasteiger partial charge is 1.00 e. The predicted octanol–water partition coefficient (Wildman–Crippen LogP) is 7.14. The molecule has 2 amide bonds. The molecule has 0 radical (unpaired) electrons. The molecule has 0 saturated heterocycles. The van der Waals surface area contributed by atoms with Gasteiger partial charge in [0, 0.05) is 45.3 Å². The van der Waals surface area contributed by atoms with Crippen LogP contribution < -0.4 is 144 Å². The number of pyridine rings is 4. The van der Waals surface area contributed by atoms with Gasteiger partial charge in [0.2, 0.25) is 36.3 Å². The number of hydrogen-bond acceptors (Lipinski definition) is 24. The van der Waals surface area contributed by atoms with Crippen molar-refractivity contribution in [3.05, 3.63) is 137 Å². The zero-order chi connectivity index (χ0) is 87.3. The van der Waals surface area contributed by atoms with Crippen LogP contribution in [0, 0.1) is 24.5 Å². The number of amides is 2. The molecular formula is C66H66B2Cl4CsF13N9NaO19. The van der Waals surface area contributed by atoms with Crippen molar-refractivity contribution in [1.29, 1.82) is 5.26 Å². The molecule has 0 spiro atoms. The molecule has 0 unspecified atom stereocenters. The second kappa shape index (κ2) is 57.8. The fourth-order valence-electron chi connectivity index (χ4n) is 8.21. The Morgan fingerprint density at radius 2 is 0.974 bits per heavy atom. The number of aromatic hydroxyl groups is 1. The Morgan fingerprint density at radius 1 is 0.626 bits per heavy atom. The summed E-state index contributed by atoms with van der Waals surface area (Å²) in [5.41, 5.74) is -4.64. The fourth-order valence-corrected chi connectivity index (χ4v) is 9.06. The largest absolute Gasteiger partial charge is 1.00 e. The first kappa shape index (κ1) is 110. The van der Waals surface area contributed by atoms with Crippen molar-refractivity contribution in [2.24, 2.45) is 0 Å². The molecule has 6 N–H and O–H groups in total. The Balaban J connectivity index is -0.000000661. The number of alkyl halides is 13. The SMILES string of the molecule is CC#N.CC(=O)CCCO.CC(=O)CCCOc1nc(Cl)cc(C(F)(F)F)c1NC=O.O=CNc1c(C(F)(F)F)cc(Cl)nc1Cl.O=CO[O-].OB1OCc2cc(O)ccc21.[2H]CF.[C-]#[N+]c1c(C(F)(F)F)cc(Cl)nc1OCCCC(C)=O.[C-]#[N+]c1c(C(F)(F)F)cc(Oc2ccc3c(c2)COB3O)nc1OCCCC(C)=O.[Cs+].[H-].[Na+]. The van der Waals surface area contributed by atoms with Gasteiger partial charge in [-0.05, 0) is 118 Å². The van der Waals surface area contributed by atoms with Crippen molar-refractivity contribution < 1.29 is 251 Å². The quantitative estimate of drug-likeness (QED) is 0.00484. The maximum Gasteiger partial charge on any atom is 1.00 e. The number of aliphatic hydroxyl groups excluding tert-OH is 1. The Morgan fingerprint density at radius 3 is 1.36 bits per heavy atom. The molecule has 0 saturated carbocycles. The summed E-state index contributed by atoms with van der Waals surface area (Å²) in [5.74, 6) is -1.51. The number of anilines is 2. The van der Waals surface area contributed by atoms with E-state index < -0.39 is 135 Å². The summed E-state index contributed by atoms with van der Waals surface area (Å²) in [4.78, 5) is 94.6. The van der Waals surface area contributed by atoms with E-state index in [9.17, 15) is 90.9 Å². The van der Waals surface area contributed by atoms with Crippen molar-refractivity contribution in [3.8, 4) is 41.1 Å². The molecule has 6 heterocycles. The number of fused-ring (bicyclic) bond motifs is 2. The van der Waals surface area contributed by atoms with E-state index >= 15 is 0 Å². The molecule has 49 heteroatoms. The van der Waals surface area contributed by atoms with Gasteiger partial charge in [-0.15, -0.1) is 0 Å². The second-order valence-corrected chi connectivity index (χ2v) is 23.0. The van der Waals surface area contributed by atoms with E-state index in [1.54, 1.807) is 24.3 Å². The Hall–Kier alpha value is -7.21. The topological polar surface area (TPSA) is 396 Å². The molecule has 2 aromatic carbocycles. The average Bonchev–Trinajstić information content (AvgIpc) is 1.72. The van der Waals surface area contributed by atoms with Crippen LogP contribution in [-0.2, 0) is 85.7 Å². The third kappa shape index (κ3) is 43.2. The van der Waals surface area contributed by atoms with Crippen LogP contribution in [0.2, 0.25) is 20.6 Å². The number of hydrogen-bond donors (Lipinski definition) is 6. The maximum atomic E-state index is 13.5. The zero-order valence-corrected chi connectivity index (χ0v) is 72.5. The van der Waals surface area contributed by atoms with Crippen LogP contribution >= 0.6 is 46.4 Å². The molecule has 0 bridgehead atoms. The first-order valence-electron chi connectivity index (χ1n) is 31.9. The van der Waals surface area contributed by atoms with E-state index in [4.69, 9.17) is 120 Å². The van der Waals surface area contributed by atoms with Gasteiger partial charge in [-0.3, -0.25) is 18.8 Å². The molecule has 4 aromatic heterocycles. The molecule has 616 valence electrons. The van der Waals surface area contributed by atoms with E-state index in [0.29, 0.717) is 67.6 Å². The Kier molecular flexibility index (Phi) is 55.2. The molecule has 115 heavy (non-hydrogen) atoms. The first-order valence-corrected chi connectivity index (χ1v) is 32.7. The number of aromatic nitrogens is 4. The van der Waals surface area contributed by atoms with Gasteiger partial charge in [0.15, 0.2) is 5.15 Å². The van der Waals surface area contributed by atoms with Gasteiger partial charge in [0.25, 0.3) is 17.8 Å². The van der Waals surface area contributed by atoms with E-state index in [1.165, 1.54) is 52.8 Å². The summed E-state index contributed by atoms with van der Waals surface area (Å²) >= 11 is 21.7. The minimum atomic E-state index is -4.83. The number of rotatable bonds is 25. The molecule has 2 aliphatic heterocycles. The number of carbonyl (C=O) groups excluding carboxylic acids is 7. The standard InChI is InChI=1S/C19H16BF3N2O5.C12H12ClF3N2O3.C12H10ClF3N2O2.C7H7BO3.C7H3Cl2F3N2O.C5H10O2.C2H3N.CH3F.CH2O3.Cs.Na.H/c1-11(26)4-3-7-28-18-17(24-2)14(19(21,22)23)9-16(25-18)30-13-5-6-15-12(8-13)10-29-20(15)27;1-7(20)3-2-4-21-11-10(17-6-19)8(12(14,15)16)5-9(13)18-11;1-7(19)4-3-5-20-11-10(17-2)8(12(14,15)16)6-9(13)18-11;9-6-1-2-7-5(3-6)4-11-8(7)10;8-4-1-3(7(10,11)12)5(13-2-15)6(9)14-4;1-5(7)3-2-4-6;1-2-3;1-2;2-1-4-3;;;/h5-6,8-9,27H,3-4,7,10H2,1H3;5-6H,2-4H2,1H3,(H,17,19);6H,3-5H2,1H3;1-3,9-10H,4H2;1-2H,(H,13,15);6H,2-4H2,1H3;1H3;1H3;1,3H;;;/q;;;;;;;;;2*+1;-1/p-1/i;;;;;;;1D;;;;. The van der Waals surface area contributed by atoms with Gasteiger partial charge in [0.05, 0.1) is 88.7 Å². The van der Waals surface area contributed by atoms with E-state index in [0.717, 1.165) is 11.0 Å². The molecule has 28 nitrogen and oxygen atoms in total. The van der Waals surface area contributed by atoms with Gasteiger partial charge in [0.1, 0.15) is 55.8 Å². The number of phenols is 1. The number of halogens is 17. The van der Waals surface area contributed by atoms with Gasteiger partial charge < -0.3 is 89.9 Å². The number of nitrogens with one attached hydrogen (secondary N) is 2. The van der Waals surface area contributed by atoms with Crippen molar-refractivity contribution in [1.82, 2.24) is 19.9 Å². The minimum Gasteiger partial charge on any atom is -1.00 e. The average molecular weight is 1860 g/mol. The van der Waals surface area contributed by atoms with Crippen LogP contribution in [0.25, 0.3) is 9.69 Å². The van der Waals surface area contributed by atoms with E-state index in [1.807, 2.05) is 10.6 Å². The number of nitriles is 1. The zero-order valence-electron chi connectivity index (χ0n) is 63.2. The monoisotopic (exact) mass is 1850 g/mol. The molecule has 6 aromatic rings.